The second-order valence-electron chi connectivity index (χ2n) is 4.38. The summed E-state index contributed by atoms with van der Waals surface area (Å²) < 4.78 is 1.23. The van der Waals surface area contributed by atoms with Gasteiger partial charge in [0.2, 0.25) is 0 Å². The van der Waals surface area contributed by atoms with E-state index >= 15 is 0 Å². The van der Waals surface area contributed by atoms with E-state index in [1.165, 1.54) is 35.3 Å². The van der Waals surface area contributed by atoms with E-state index in [9.17, 15) is 0 Å². The van der Waals surface area contributed by atoms with E-state index in [0.717, 1.165) is 12.0 Å². The zero-order valence-corrected chi connectivity index (χ0v) is 9.83. The first-order valence-electron chi connectivity index (χ1n) is 4.71. The lowest BCUT2D eigenvalue weighted by Gasteiger charge is -2.39. The summed E-state index contributed by atoms with van der Waals surface area (Å²) in [7, 11) is 0. The molecule has 0 N–H and O–H groups in total. The molecular weight excluding hydrogens is 246 g/mol. The Morgan fingerprint density at radius 1 is 1.46 bits per heavy atom. The van der Waals surface area contributed by atoms with Gasteiger partial charge in [-0.2, -0.15) is 0 Å². The fourth-order valence-corrected chi connectivity index (χ4v) is 3.66. The van der Waals surface area contributed by atoms with Crippen LogP contribution in [0.1, 0.15) is 17.7 Å². The van der Waals surface area contributed by atoms with Crippen LogP contribution in [0.5, 0.6) is 0 Å². The van der Waals surface area contributed by atoms with Gasteiger partial charge in [0, 0.05) is 34.4 Å². The van der Waals surface area contributed by atoms with Crippen molar-refractivity contribution >= 4 is 27.3 Å². The SMILES string of the molecule is Brc1csc(CN2CC3(CC3)C2)c1. The summed E-state index contributed by atoms with van der Waals surface area (Å²) in [6.45, 7) is 3.86. The van der Waals surface area contributed by atoms with Crippen molar-refractivity contribution in [2.75, 3.05) is 13.1 Å². The molecule has 2 aliphatic rings. The lowest BCUT2D eigenvalue weighted by atomic mass is 9.97. The summed E-state index contributed by atoms with van der Waals surface area (Å²) >= 11 is 5.35. The number of halogens is 1. The highest BCUT2D eigenvalue weighted by molar-refractivity contribution is 9.10. The molecule has 1 aliphatic heterocycles. The topological polar surface area (TPSA) is 3.24 Å². The van der Waals surface area contributed by atoms with Gasteiger partial charge in [0.15, 0.2) is 0 Å². The van der Waals surface area contributed by atoms with Crippen LogP contribution in [0, 0.1) is 5.41 Å². The van der Waals surface area contributed by atoms with E-state index in [0.29, 0.717) is 0 Å². The number of thiophene rings is 1. The molecule has 0 unspecified atom stereocenters. The van der Waals surface area contributed by atoms with E-state index < -0.39 is 0 Å². The Kier molecular flexibility index (Phi) is 1.83. The van der Waals surface area contributed by atoms with Crippen molar-refractivity contribution in [3.63, 3.8) is 0 Å². The van der Waals surface area contributed by atoms with Crippen molar-refractivity contribution in [3.05, 3.63) is 20.8 Å². The third-order valence-electron chi connectivity index (χ3n) is 3.08. The number of hydrogen-bond acceptors (Lipinski definition) is 2. The molecule has 13 heavy (non-hydrogen) atoms. The quantitative estimate of drug-likeness (QED) is 0.787. The molecule has 1 aliphatic carbocycles. The molecule has 1 nitrogen and oxygen atoms in total. The lowest BCUT2D eigenvalue weighted by Crippen LogP contribution is -2.47. The van der Waals surface area contributed by atoms with Gasteiger partial charge in [-0.25, -0.2) is 0 Å². The monoisotopic (exact) mass is 257 g/mol. The van der Waals surface area contributed by atoms with Crippen LogP contribution in [0.2, 0.25) is 0 Å². The Morgan fingerprint density at radius 3 is 2.77 bits per heavy atom. The van der Waals surface area contributed by atoms with Crippen molar-refractivity contribution in [3.8, 4) is 0 Å². The molecule has 1 aromatic heterocycles. The molecule has 0 amide bonds. The minimum atomic E-state index is 0.800. The van der Waals surface area contributed by atoms with Crippen LogP contribution in [-0.4, -0.2) is 18.0 Å². The molecule has 0 atom stereocenters. The van der Waals surface area contributed by atoms with Crippen molar-refractivity contribution in [2.24, 2.45) is 5.41 Å². The average molecular weight is 258 g/mol. The third-order valence-corrected chi connectivity index (χ3v) is 4.76. The van der Waals surface area contributed by atoms with Gasteiger partial charge in [-0.05, 0) is 40.3 Å². The highest BCUT2D eigenvalue weighted by Crippen LogP contribution is 2.53. The van der Waals surface area contributed by atoms with Crippen LogP contribution in [-0.2, 0) is 6.54 Å². The smallest absolute Gasteiger partial charge is 0.0328 e. The molecule has 3 heteroatoms. The fourth-order valence-electron chi connectivity index (χ4n) is 2.16. The number of nitrogens with zero attached hydrogens (tertiary/aromatic N) is 1. The number of likely N-dealkylation sites (tertiary alicyclic amines) is 1. The first-order chi connectivity index (χ1) is 6.26. The third kappa shape index (κ3) is 1.58. The second kappa shape index (κ2) is 2.81. The summed E-state index contributed by atoms with van der Waals surface area (Å²) in [4.78, 5) is 4.05. The van der Waals surface area contributed by atoms with Crippen LogP contribution in [0.4, 0.5) is 0 Å². The van der Waals surface area contributed by atoms with Crippen LogP contribution in [0.15, 0.2) is 15.9 Å². The van der Waals surface area contributed by atoms with Gasteiger partial charge in [0.05, 0.1) is 0 Å². The largest absolute Gasteiger partial charge is 0.297 e. The molecule has 1 aromatic rings. The van der Waals surface area contributed by atoms with Crippen LogP contribution < -0.4 is 0 Å². The zero-order chi connectivity index (χ0) is 8.89. The molecule has 0 bridgehead atoms. The van der Waals surface area contributed by atoms with Crippen LogP contribution in [0.3, 0.4) is 0 Å². The second-order valence-corrected chi connectivity index (χ2v) is 6.29. The highest BCUT2D eigenvalue weighted by atomic mass is 79.9. The zero-order valence-electron chi connectivity index (χ0n) is 7.42. The minimum absolute atomic E-state index is 0.800. The summed E-state index contributed by atoms with van der Waals surface area (Å²) in [5, 5.41) is 2.17. The Labute approximate surface area is 90.9 Å². The fraction of sp³-hybridized carbons (Fsp3) is 0.600. The molecule has 0 radical (unpaired) electrons. The van der Waals surface area contributed by atoms with Gasteiger partial charge >= 0.3 is 0 Å². The summed E-state index contributed by atoms with van der Waals surface area (Å²) in [5.74, 6) is 0. The van der Waals surface area contributed by atoms with Gasteiger partial charge in [-0.3, -0.25) is 4.90 Å². The predicted molar refractivity (Wildman–Crippen MR) is 59.0 cm³/mol. The molecule has 1 saturated heterocycles. The predicted octanol–water partition coefficient (Wildman–Crippen LogP) is 3.11. The van der Waals surface area contributed by atoms with E-state index in [4.69, 9.17) is 0 Å². The Balaban J connectivity index is 1.58. The molecule has 2 fully saturated rings. The average Bonchev–Trinajstić information content (AvgIpc) is 2.70. The normalized spacial score (nSPS) is 24.7. The van der Waals surface area contributed by atoms with Crippen molar-refractivity contribution < 1.29 is 0 Å². The number of hydrogen-bond donors (Lipinski definition) is 0. The maximum Gasteiger partial charge on any atom is 0.0328 e. The highest BCUT2D eigenvalue weighted by Gasteiger charge is 2.51. The van der Waals surface area contributed by atoms with Crippen LogP contribution >= 0.6 is 27.3 Å². The van der Waals surface area contributed by atoms with Gasteiger partial charge < -0.3 is 0 Å². The molecule has 3 rings (SSSR count). The van der Waals surface area contributed by atoms with Crippen molar-refractivity contribution in [1.29, 1.82) is 0 Å². The summed E-state index contributed by atoms with van der Waals surface area (Å²) in [6, 6.07) is 2.24. The molecular formula is C10H12BrNS. The van der Waals surface area contributed by atoms with Gasteiger partial charge in [-0.15, -0.1) is 11.3 Å². The van der Waals surface area contributed by atoms with E-state index in [1.54, 1.807) is 0 Å². The minimum Gasteiger partial charge on any atom is -0.297 e. The Bertz CT molecular complexity index is 321. The molecule has 70 valence electrons. The van der Waals surface area contributed by atoms with Gasteiger partial charge in [0.1, 0.15) is 0 Å². The summed E-state index contributed by atoms with van der Waals surface area (Å²) in [5.41, 5.74) is 0.800. The van der Waals surface area contributed by atoms with E-state index in [-0.39, 0.29) is 0 Å². The van der Waals surface area contributed by atoms with E-state index in [1.807, 2.05) is 11.3 Å². The standard InChI is InChI=1S/C10H12BrNS/c11-8-3-9(13-5-8)4-12-6-10(7-12)1-2-10/h3,5H,1-2,4,6-7H2. The van der Waals surface area contributed by atoms with E-state index in [2.05, 4.69) is 32.3 Å². The maximum atomic E-state index is 3.49. The van der Waals surface area contributed by atoms with Crippen LogP contribution in [0.25, 0.3) is 0 Å². The van der Waals surface area contributed by atoms with Crippen molar-refractivity contribution in [2.45, 2.75) is 19.4 Å². The first kappa shape index (κ1) is 8.45. The first-order valence-corrected chi connectivity index (χ1v) is 6.38. The maximum absolute atomic E-state index is 3.49. The lowest BCUT2D eigenvalue weighted by molar-refractivity contribution is 0.0750. The Morgan fingerprint density at radius 2 is 2.23 bits per heavy atom. The molecule has 1 spiro atoms. The molecule has 1 saturated carbocycles. The van der Waals surface area contributed by atoms with Gasteiger partial charge in [0.25, 0.3) is 0 Å². The summed E-state index contributed by atoms with van der Waals surface area (Å²) in [6.07, 6.45) is 2.97. The molecule has 0 aromatic carbocycles. The van der Waals surface area contributed by atoms with Gasteiger partial charge in [-0.1, -0.05) is 0 Å². The molecule has 2 heterocycles. The number of rotatable bonds is 2. The Hall–Kier alpha value is 0.140. The van der Waals surface area contributed by atoms with Crippen molar-refractivity contribution in [1.82, 2.24) is 4.90 Å².